The van der Waals surface area contributed by atoms with Gasteiger partial charge in [0.1, 0.15) is 11.6 Å². The molecule has 3 fully saturated rings. The Morgan fingerprint density at radius 1 is 1.26 bits per heavy atom. The van der Waals surface area contributed by atoms with Gasteiger partial charge >= 0.3 is 0 Å². The molecule has 0 radical (unpaired) electrons. The highest BCUT2D eigenvalue weighted by Gasteiger charge is 2.55. The minimum absolute atomic E-state index is 0.0517. The van der Waals surface area contributed by atoms with Crippen molar-refractivity contribution in [3.63, 3.8) is 0 Å². The fourth-order valence-electron chi connectivity index (χ4n) is 3.48. The summed E-state index contributed by atoms with van der Waals surface area (Å²) in [5.74, 6) is 1.18. The third-order valence-corrected chi connectivity index (χ3v) is 5.23. The summed E-state index contributed by atoms with van der Waals surface area (Å²) in [6.45, 7) is 4.70. The van der Waals surface area contributed by atoms with Crippen molar-refractivity contribution in [2.75, 3.05) is 6.54 Å². The van der Waals surface area contributed by atoms with Crippen molar-refractivity contribution in [3.05, 3.63) is 0 Å². The molecule has 19 heavy (non-hydrogen) atoms. The van der Waals surface area contributed by atoms with Crippen LogP contribution in [0.2, 0.25) is 0 Å². The monoisotopic (exact) mass is 264 g/mol. The van der Waals surface area contributed by atoms with Crippen molar-refractivity contribution in [3.8, 4) is 0 Å². The van der Waals surface area contributed by atoms with Crippen molar-refractivity contribution in [1.29, 1.82) is 0 Å². The number of carbonyl (C=O) groups excluding carboxylic acids is 2. The molecule has 2 amide bonds. The Morgan fingerprint density at radius 2 is 1.95 bits per heavy atom. The Bertz CT molecular complexity index is 401. The molecule has 0 spiro atoms. The lowest BCUT2D eigenvalue weighted by Gasteiger charge is -2.46. The normalized spacial score (nSPS) is 36.1. The van der Waals surface area contributed by atoms with Gasteiger partial charge in [-0.25, -0.2) is 0 Å². The first-order valence-electron chi connectivity index (χ1n) is 7.69. The number of hydrogen-bond acceptors (Lipinski definition) is 2. The van der Waals surface area contributed by atoms with E-state index >= 15 is 0 Å². The third-order valence-electron chi connectivity index (χ3n) is 5.23. The summed E-state index contributed by atoms with van der Waals surface area (Å²) in [4.78, 5) is 27.0. The van der Waals surface area contributed by atoms with Crippen LogP contribution >= 0.6 is 0 Å². The lowest BCUT2D eigenvalue weighted by molar-refractivity contribution is -0.156. The molecule has 1 saturated heterocycles. The van der Waals surface area contributed by atoms with Gasteiger partial charge in [-0.15, -0.1) is 0 Å². The second kappa shape index (κ2) is 4.50. The van der Waals surface area contributed by atoms with E-state index in [1.54, 1.807) is 0 Å². The Labute approximate surface area is 114 Å². The van der Waals surface area contributed by atoms with E-state index in [1.807, 2.05) is 18.7 Å². The van der Waals surface area contributed by atoms with Crippen LogP contribution in [0, 0.1) is 11.8 Å². The van der Waals surface area contributed by atoms with Crippen molar-refractivity contribution < 1.29 is 9.59 Å². The van der Waals surface area contributed by atoms with E-state index in [0.717, 1.165) is 19.4 Å². The van der Waals surface area contributed by atoms with E-state index in [2.05, 4.69) is 5.32 Å². The lowest BCUT2D eigenvalue weighted by Crippen LogP contribution is -2.70. The molecular weight excluding hydrogens is 240 g/mol. The first-order chi connectivity index (χ1) is 9.06. The number of nitrogens with zero attached hydrogens (tertiary/aromatic N) is 1. The van der Waals surface area contributed by atoms with Crippen molar-refractivity contribution >= 4 is 11.8 Å². The average Bonchev–Trinajstić information content (AvgIpc) is 3.13. The smallest absolute Gasteiger partial charge is 0.249 e. The molecule has 2 aliphatic carbocycles. The van der Waals surface area contributed by atoms with Gasteiger partial charge in [-0.1, -0.05) is 13.3 Å². The van der Waals surface area contributed by atoms with Crippen molar-refractivity contribution in [2.45, 2.75) is 64.0 Å². The van der Waals surface area contributed by atoms with Crippen LogP contribution in [0.1, 0.15) is 52.4 Å². The summed E-state index contributed by atoms with van der Waals surface area (Å²) in [5, 5.41) is 3.01. The van der Waals surface area contributed by atoms with Crippen molar-refractivity contribution in [1.82, 2.24) is 10.2 Å². The molecule has 2 unspecified atom stereocenters. The first-order valence-corrected chi connectivity index (χ1v) is 7.69. The molecule has 0 aromatic heterocycles. The van der Waals surface area contributed by atoms with Crippen LogP contribution in [0.25, 0.3) is 0 Å². The average molecular weight is 264 g/mol. The molecule has 2 atom stereocenters. The summed E-state index contributed by atoms with van der Waals surface area (Å²) in [7, 11) is 0. The van der Waals surface area contributed by atoms with Gasteiger partial charge < -0.3 is 10.2 Å². The van der Waals surface area contributed by atoms with Crippen LogP contribution in [-0.2, 0) is 9.59 Å². The fraction of sp³-hybridized carbons (Fsp3) is 0.867. The Hall–Kier alpha value is -1.06. The molecule has 4 heteroatoms. The van der Waals surface area contributed by atoms with Gasteiger partial charge in [-0.05, 0) is 50.9 Å². The molecule has 1 heterocycles. The largest absolute Gasteiger partial charge is 0.340 e. The zero-order chi connectivity index (χ0) is 13.6. The molecule has 0 bridgehead atoms. The molecule has 3 aliphatic rings. The maximum Gasteiger partial charge on any atom is 0.249 e. The van der Waals surface area contributed by atoms with Crippen LogP contribution in [0.4, 0.5) is 0 Å². The molecule has 3 rings (SSSR count). The highest BCUT2D eigenvalue weighted by molar-refractivity contribution is 6.00. The fourth-order valence-corrected chi connectivity index (χ4v) is 3.48. The lowest BCUT2D eigenvalue weighted by atomic mass is 9.82. The van der Waals surface area contributed by atoms with Crippen LogP contribution in [0.5, 0.6) is 0 Å². The van der Waals surface area contributed by atoms with E-state index in [4.69, 9.17) is 0 Å². The molecule has 1 N–H and O–H groups in total. The minimum atomic E-state index is -0.632. The highest BCUT2D eigenvalue weighted by atomic mass is 16.2. The number of nitrogens with one attached hydrogen (secondary N) is 1. The SMILES string of the molecule is CCC1C(=O)NC(C)(C2CC2)C(=O)N1CC1CCC1. The number of carbonyl (C=O) groups is 2. The van der Waals surface area contributed by atoms with Gasteiger partial charge in [0.05, 0.1) is 0 Å². The van der Waals surface area contributed by atoms with Crippen LogP contribution in [0.3, 0.4) is 0 Å². The molecule has 0 aromatic rings. The van der Waals surface area contributed by atoms with Gasteiger partial charge in [0.25, 0.3) is 0 Å². The quantitative estimate of drug-likeness (QED) is 0.840. The van der Waals surface area contributed by atoms with E-state index in [9.17, 15) is 9.59 Å². The van der Waals surface area contributed by atoms with E-state index in [1.165, 1.54) is 19.3 Å². The Morgan fingerprint density at radius 3 is 2.42 bits per heavy atom. The van der Waals surface area contributed by atoms with Crippen LogP contribution in [-0.4, -0.2) is 34.8 Å². The summed E-state index contributed by atoms with van der Waals surface area (Å²) in [5.41, 5.74) is -0.632. The maximum absolute atomic E-state index is 12.8. The maximum atomic E-state index is 12.8. The van der Waals surface area contributed by atoms with Gasteiger partial charge in [0.15, 0.2) is 0 Å². The van der Waals surface area contributed by atoms with Gasteiger partial charge in [0.2, 0.25) is 11.8 Å². The summed E-state index contributed by atoms with van der Waals surface area (Å²) in [6, 6.07) is -0.250. The number of hydrogen-bond donors (Lipinski definition) is 1. The second-order valence-electron chi connectivity index (χ2n) is 6.64. The zero-order valence-electron chi connectivity index (χ0n) is 11.9. The van der Waals surface area contributed by atoms with Gasteiger partial charge in [0, 0.05) is 6.54 Å². The molecule has 1 aliphatic heterocycles. The van der Waals surface area contributed by atoms with E-state index in [-0.39, 0.29) is 17.9 Å². The third kappa shape index (κ3) is 2.05. The minimum Gasteiger partial charge on any atom is -0.340 e. The zero-order valence-corrected chi connectivity index (χ0v) is 11.9. The topological polar surface area (TPSA) is 49.4 Å². The summed E-state index contributed by atoms with van der Waals surface area (Å²) >= 11 is 0. The Kier molecular flexibility index (Phi) is 3.06. The summed E-state index contributed by atoms with van der Waals surface area (Å²) in [6.07, 6.45) is 6.54. The molecule has 4 nitrogen and oxygen atoms in total. The van der Waals surface area contributed by atoms with Crippen LogP contribution in [0.15, 0.2) is 0 Å². The van der Waals surface area contributed by atoms with Crippen molar-refractivity contribution in [2.24, 2.45) is 11.8 Å². The van der Waals surface area contributed by atoms with E-state index in [0.29, 0.717) is 18.3 Å². The number of amides is 2. The first kappa shape index (κ1) is 12.9. The highest BCUT2D eigenvalue weighted by Crippen LogP contribution is 2.43. The number of rotatable bonds is 4. The predicted octanol–water partition coefficient (Wildman–Crippen LogP) is 1.69. The summed E-state index contributed by atoms with van der Waals surface area (Å²) < 4.78 is 0. The number of piperazine rings is 1. The molecule has 0 aromatic carbocycles. The molecular formula is C15H24N2O2. The van der Waals surface area contributed by atoms with Gasteiger partial charge in [-0.3, -0.25) is 9.59 Å². The second-order valence-corrected chi connectivity index (χ2v) is 6.64. The van der Waals surface area contributed by atoms with Crippen LogP contribution < -0.4 is 5.32 Å². The standard InChI is InChI=1S/C15H24N2O2/c1-3-12-13(18)16-15(2,11-7-8-11)14(19)17(12)9-10-5-4-6-10/h10-12H,3-9H2,1-2H3,(H,16,18). The predicted molar refractivity (Wildman–Crippen MR) is 72.4 cm³/mol. The molecule has 106 valence electrons. The van der Waals surface area contributed by atoms with Gasteiger partial charge in [-0.2, -0.15) is 0 Å². The Balaban J connectivity index is 1.82. The molecule has 2 saturated carbocycles. The van der Waals surface area contributed by atoms with E-state index < -0.39 is 5.54 Å².